The summed E-state index contributed by atoms with van der Waals surface area (Å²) < 4.78 is 7.20. The van der Waals surface area contributed by atoms with Gasteiger partial charge in [0.25, 0.3) is 0 Å². The zero-order valence-electron chi connectivity index (χ0n) is 12.5. The van der Waals surface area contributed by atoms with Crippen molar-refractivity contribution < 1.29 is 4.74 Å². The predicted octanol–water partition coefficient (Wildman–Crippen LogP) is 3.39. The second-order valence-electron chi connectivity index (χ2n) is 6.53. The van der Waals surface area contributed by atoms with Crippen LogP contribution < -0.4 is 5.32 Å². The van der Waals surface area contributed by atoms with Gasteiger partial charge >= 0.3 is 0 Å². The molecule has 2 aromatic rings. The molecule has 2 fully saturated rings. The van der Waals surface area contributed by atoms with E-state index in [1.807, 2.05) is 11.3 Å². The van der Waals surface area contributed by atoms with Gasteiger partial charge in [0.05, 0.1) is 21.3 Å². The summed E-state index contributed by atoms with van der Waals surface area (Å²) in [6.07, 6.45) is 5.17. The summed E-state index contributed by atoms with van der Waals surface area (Å²) in [7, 11) is 0. The van der Waals surface area contributed by atoms with E-state index in [4.69, 9.17) is 9.72 Å². The monoisotopic (exact) mass is 302 g/mol. The van der Waals surface area contributed by atoms with E-state index in [1.54, 1.807) is 0 Å². The van der Waals surface area contributed by atoms with Gasteiger partial charge in [-0.3, -0.25) is 0 Å². The Kier molecular flexibility index (Phi) is 3.48. The Labute approximate surface area is 129 Å². The number of para-hydroxylation sites is 1. The first kappa shape index (κ1) is 13.7. The molecule has 1 aromatic heterocycles. The second kappa shape index (κ2) is 5.34. The molecular formula is C17H22N2OS. The molecule has 2 aliphatic rings. The number of ether oxygens (including phenoxy) is 1. The molecule has 0 amide bonds. The standard InChI is InChI=1S/C17H22N2OS/c1-12-17(8-9-20-12,11-18-13-6-7-13)10-16-19-14-4-2-3-5-15(14)21-16/h2-5,12-13,18H,6-11H2,1H3. The normalized spacial score (nSPS) is 29.3. The molecule has 0 spiro atoms. The van der Waals surface area contributed by atoms with Crippen LogP contribution in [0.3, 0.4) is 0 Å². The van der Waals surface area contributed by atoms with Gasteiger partial charge in [-0.15, -0.1) is 11.3 Å². The summed E-state index contributed by atoms with van der Waals surface area (Å²) in [6, 6.07) is 9.19. The molecule has 2 unspecified atom stereocenters. The van der Waals surface area contributed by atoms with E-state index in [1.165, 1.54) is 22.5 Å². The molecule has 4 heteroatoms. The number of hydrogen-bond acceptors (Lipinski definition) is 4. The zero-order chi connectivity index (χ0) is 14.3. The number of fused-ring (bicyclic) bond motifs is 1. The van der Waals surface area contributed by atoms with Crippen molar-refractivity contribution in [3.05, 3.63) is 29.3 Å². The van der Waals surface area contributed by atoms with Crippen LogP contribution in [0, 0.1) is 5.41 Å². The zero-order valence-corrected chi connectivity index (χ0v) is 13.3. The van der Waals surface area contributed by atoms with Crippen LogP contribution >= 0.6 is 11.3 Å². The minimum atomic E-state index is 0.219. The van der Waals surface area contributed by atoms with Gasteiger partial charge in [0.15, 0.2) is 0 Å². The number of hydrogen-bond donors (Lipinski definition) is 1. The van der Waals surface area contributed by atoms with Crippen LogP contribution in [0.2, 0.25) is 0 Å². The molecule has 3 nitrogen and oxygen atoms in total. The lowest BCUT2D eigenvalue weighted by molar-refractivity contribution is 0.0628. The van der Waals surface area contributed by atoms with Crippen molar-refractivity contribution in [2.75, 3.05) is 13.2 Å². The fourth-order valence-corrected chi connectivity index (χ4v) is 4.40. The molecular weight excluding hydrogens is 280 g/mol. The first-order valence-electron chi connectivity index (χ1n) is 7.95. The van der Waals surface area contributed by atoms with E-state index in [0.29, 0.717) is 6.10 Å². The highest BCUT2D eigenvalue weighted by atomic mass is 32.1. The van der Waals surface area contributed by atoms with Gasteiger partial charge in [0, 0.05) is 31.0 Å². The number of aromatic nitrogens is 1. The summed E-state index contributed by atoms with van der Waals surface area (Å²) >= 11 is 1.84. The average Bonchev–Trinajstić information content (AvgIpc) is 3.13. The highest BCUT2D eigenvalue weighted by Gasteiger charge is 2.43. The minimum Gasteiger partial charge on any atom is -0.378 e. The molecule has 0 bridgehead atoms. The molecule has 1 N–H and O–H groups in total. The number of benzene rings is 1. The third-order valence-corrected chi connectivity index (χ3v) is 6.03. The van der Waals surface area contributed by atoms with Gasteiger partial charge in [0.1, 0.15) is 0 Å². The summed E-state index contributed by atoms with van der Waals surface area (Å²) in [5.74, 6) is 0. The molecule has 21 heavy (non-hydrogen) atoms. The molecule has 4 rings (SSSR count). The maximum Gasteiger partial charge on any atom is 0.0945 e. The Bertz CT molecular complexity index is 604. The van der Waals surface area contributed by atoms with Crippen LogP contribution in [0.25, 0.3) is 10.2 Å². The van der Waals surface area contributed by atoms with E-state index in [9.17, 15) is 0 Å². The Balaban J connectivity index is 1.57. The molecule has 1 aliphatic carbocycles. The Morgan fingerprint density at radius 1 is 1.38 bits per heavy atom. The predicted molar refractivity (Wildman–Crippen MR) is 86.8 cm³/mol. The molecule has 1 aliphatic heterocycles. The maximum atomic E-state index is 5.90. The van der Waals surface area contributed by atoms with Crippen molar-refractivity contribution in [3.63, 3.8) is 0 Å². The van der Waals surface area contributed by atoms with Crippen molar-refractivity contribution in [2.24, 2.45) is 5.41 Å². The van der Waals surface area contributed by atoms with E-state index in [0.717, 1.165) is 37.6 Å². The summed E-state index contributed by atoms with van der Waals surface area (Å²) in [5, 5.41) is 4.98. The molecule has 112 valence electrons. The van der Waals surface area contributed by atoms with Crippen molar-refractivity contribution in [3.8, 4) is 0 Å². The fourth-order valence-electron chi connectivity index (χ4n) is 3.28. The number of rotatable bonds is 5. The van der Waals surface area contributed by atoms with Crippen LogP contribution in [-0.4, -0.2) is 30.3 Å². The van der Waals surface area contributed by atoms with E-state index >= 15 is 0 Å². The van der Waals surface area contributed by atoms with Crippen LogP contribution in [0.5, 0.6) is 0 Å². The van der Waals surface area contributed by atoms with Gasteiger partial charge in [-0.25, -0.2) is 4.98 Å². The van der Waals surface area contributed by atoms with Gasteiger partial charge < -0.3 is 10.1 Å². The smallest absolute Gasteiger partial charge is 0.0945 e. The third kappa shape index (κ3) is 2.72. The van der Waals surface area contributed by atoms with Crippen LogP contribution in [-0.2, 0) is 11.2 Å². The highest BCUT2D eigenvalue weighted by molar-refractivity contribution is 7.18. The van der Waals surface area contributed by atoms with Crippen molar-refractivity contribution in [2.45, 2.75) is 44.8 Å². The van der Waals surface area contributed by atoms with E-state index in [2.05, 4.69) is 36.5 Å². The lowest BCUT2D eigenvalue weighted by Crippen LogP contribution is -2.42. The fraction of sp³-hybridized carbons (Fsp3) is 0.588. The maximum absolute atomic E-state index is 5.90. The van der Waals surface area contributed by atoms with Crippen molar-refractivity contribution >= 4 is 21.6 Å². The van der Waals surface area contributed by atoms with Crippen LogP contribution in [0.4, 0.5) is 0 Å². The lowest BCUT2D eigenvalue weighted by Gasteiger charge is -2.32. The summed E-state index contributed by atoms with van der Waals surface area (Å²) in [5.41, 5.74) is 1.35. The largest absolute Gasteiger partial charge is 0.378 e. The Morgan fingerprint density at radius 2 is 2.24 bits per heavy atom. The Morgan fingerprint density at radius 3 is 2.95 bits per heavy atom. The van der Waals surface area contributed by atoms with Crippen molar-refractivity contribution in [1.29, 1.82) is 0 Å². The average molecular weight is 302 g/mol. The summed E-state index contributed by atoms with van der Waals surface area (Å²) in [4.78, 5) is 4.83. The van der Waals surface area contributed by atoms with Crippen LogP contribution in [0.1, 0.15) is 31.2 Å². The molecule has 1 aromatic carbocycles. The third-order valence-electron chi connectivity index (χ3n) is 4.99. The first-order chi connectivity index (χ1) is 10.3. The van der Waals surface area contributed by atoms with E-state index in [-0.39, 0.29) is 5.41 Å². The topological polar surface area (TPSA) is 34.1 Å². The minimum absolute atomic E-state index is 0.219. The van der Waals surface area contributed by atoms with Gasteiger partial charge in [-0.2, -0.15) is 0 Å². The molecule has 1 saturated carbocycles. The van der Waals surface area contributed by atoms with Gasteiger partial charge in [-0.1, -0.05) is 12.1 Å². The van der Waals surface area contributed by atoms with Crippen LogP contribution in [0.15, 0.2) is 24.3 Å². The number of thiazole rings is 1. The Hall–Kier alpha value is -0.970. The number of nitrogens with one attached hydrogen (secondary N) is 1. The highest BCUT2D eigenvalue weighted by Crippen LogP contribution is 2.40. The lowest BCUT2D eigenvalue weighted by atomic mass is 9.78. The quantitative estimate of drug-likeness (QED) is 0.919. The van der Waals surface area contributed by atoms with Crippen molar-refractivity contribution in [1.82, 2.24) is 10.3 Å². The SMILES string of the molecule is CC1OCCC1(CNC1CC1)Cc1nc2ccccc2s1. The van der Waals surface area contributed by atoms with Gasteiger partial charge in [-0.05, 0) is 38.3 Å². The van der Waals surface area contributed by atoms with E-state index < -0.39 is 0 Å². The second-order valence-corrected chi connectivity index (χ2v) is 7.65. The molecule has 2 heterocycles. The first-order valence-corrected chi connectivity index (χ1v) is 8.76. The summed E-state index contributed by atoms with van der Waals surface area (Å²) in [6.45, 7) is 4.18. The molecule has 1 saturated heterocycles. The molecule has 0 radical (unpaired) electrons. The van der Waals surface area contributed by atoms with Gasteiger partial charge in [0.2, 0.25) is 0 Å². The molecule has 2 atom stereocenters. The number of nitrogens with zero attached hydrogens (tertiary/aromatic N) is 1.